The number of benzene rings is 2. The fourth-order valence-electron chi connectivity index (χ4n) is 2.04. The van der Waals surface area contributed by atoms with Gasteiger partial charge in [0.25, 0.3) is 5.91 Å². The van der Waals surface area contributed by atoms with Crippen molar-refractivity contribution in [3.8, 4) is 11.8 Å². The summed E-state index contributed by atoms with van der Waals surface area (Å²) in [5.74, 6) is -0.440. The zero-order valence-corrected chi connectivity index (χ0v) is 14.3. The first-order valence-corrected chi connectivity index (χ1v) is 7.99. The van der Waals surface area contributed by atoms with Gasteiger partial charge < -0.3 is 14.8 Å². The van der Waals surface area contributed by atoms with E-state index in [1.165, 1.54) is 6.08 Å². The molecule has 0 saturated carbocycles. The van der Waals surface area contributed by atoms with Gasteiger partial charge in [-0.15, -0.1) is 0 Å². The first-order valence-electron chi connectivity index (χ1n) is 7.99. The fraction of sp³-hybridized carbons (Fsp3) is 0.150. The maximum absolute atomic E-state index is 12.2. The second kappa shape index (κ2) is 9.64. The molecule has 0 spiro atoms. The molecule has 1 amide bonds. The molecule has 0 unspecified atom stereocenters. The molecule has 0 radical (unpaired) electrons. The van der Waals surface area contributed by atoms with Crippen molar-refractivity contribution in [3.63, 3.8) is 0 Å². The van der Waals surface area contributed by atoms with E-state index in [9.17, 15) is 14.9 Å². The third-order valence-electron chi connectivity index (χ3n) is 3.25. The number of nitrogens with one attached hydrogen (secondary N) is 1. The maximum Gasteiger partial charge on any atom is 0.344 e. The van der Waals surface area contributed by atoms with Crippen molar-refractivity contribution in [2.24, 2.45) is 0 Å². The van der Waals surface area contributed by atoms with Crippen LogP contribution < -0.4 is 10.1 Å². The third kappa shape index (κ3) is 5.80. The number of carbonyl (C=O) groups excluding carboxylic acids is 2. The molecule has 0 saturated heterocycles. The Bertz CT molecular complexity index is 821. The summed E-state index contributed by atoms with van der Waals surface area (Å²) >= 11 is 0. The lowest BCUT2D eigenvalue weighted by Gasteiger charge is -2.06. The Morgan fingerprint density at radius 1 is 1.12 bits per heavy atom. The molecule has 132 valence electrons. The van der Waals surface area contributed by atoms with Gasteiger partial charge in [-0.3, -0.25) is 4.79 Å². The number of nitriles is 1. The maximum atomic E-state index is 12.2. The Kier molecular flexibility index (Phi) is 6.95. The Morgan fingerprint density at radius 2 is 1.81 bits per heavy atom. The monoisotopic (exact) mass is 350 g/mol. The molecular formula is C20H18N2O4. The van der Waals surface area contributed by atoms with E-state index in [-0.39, 0.29) is 12.2 Å². The lowest BCUT2D eigenvalue weighted by molar-refractivity contribution is -0.145. The number of anilines is 1. The quantitative estimate of drug-likeness (QED) is 0.471. The highest BCUT2D eigenvalue weighted by atomic mass is 16.6. The van der Waals surface area contributed by atoms with E-state index in [1.54, 1.807) is 55.5 Å². The molecule has 0 atom stereocenters. The lowest BCUT2D eigenvalue weighted by Crippen LogP contribution is -2.14. The smallest absolute Gasteiger partial charge is 0.344 e. The number of esters is 1. The molecule has 2 aromatic rings. The third-order valence-corrected chi connectivity index (χ3v) is 3.25. The van der Waals surface area contributed by atoms with Gasteiger partial charge in [0.15, 0.2) is 6.61 Å². The van der Waals surface area contributed by atoms with Crippen molar-refractivity contribution in [3.05, 3.63) is 65.7 Å². The van der Waals surface area contributed by atoms with Crippen molar-refractivity contribution >= 4 is 23.6 Å². The summed E-state index contributed by atoms with van der Waals surface area (Å²) < 4.78 is 10.1. The van der Waals surface area contributed by atoms with E-state index < -0.39 is 11.9 Å². The summed E-state index contributed by atoms with van der Waals surface area (Å²) in [5.41, 5.74) is 1.25. The van der Waals surface area contributed by atoms with Crippen LogP contribution in [-0.2, 0) is 14.3 Å². The van der Waals surface area contributed by atoms with Crippen LogP contribution in [0, 0.1) is 11.3 Å². The van der Waals surface area contributed by atoms with Gasteiger partial charge in [-0.2, -0.15) is 5.26 Å². The number of nitrogens with zero attached hydrogens (tertiary/aromatic N) is 1. The zero-order chi connectivity index (χ0) is 18.8. The van der Waals surface area contributed by atoms with Crippen LogP contribution >= 0.6 is 0 Å². The SMILES string of the molecule is CCOC(=O)COc1ccc(/C=C(/C#N)C(=O)Nc2ccccc2)cc1. The number of carbonyl (C=O) groups is 2. The van der Waals surface area contributed by atoms with Gasteiger partial charge in [-0.05, 0) is 42.8 Å². The minimum atomic E-state index is -0.485. The molecular weight excluding hydrogens is 332 g/mol. The fourth-order valence-corrected chi connectivity index (χ4v) is 2.04. The van der Waals surface area contributed by atoms with Gasteiger partial charge in [0.1, 0.15) is 17.4 Å². The Labute approximate surface area is 151 Å². The minimum Gasteiger partial charge on any atom is -0.482 e. The van der Waals surface area contributed by atoms with Crippen LogP contribution in [0.2, 0.25) is 0 Å². The van der Waals surface area contributed by atoms with Crippen LogP contribution in [0.1, 0.15) is 12.5 Å². The van der Waals surface area contributed by atoms with Crippen LogP contribution in [0.15, 0.2) is 60.2 Å². The number of amides is 1. The predicted octanol–water partition coefficient (Wildman–Crippen LogP) is 3.17. The van der Waals surface area contributed by atoms with Gasteiger partial charge in [0, 0.05) is 5.69 Å². The molecule has 0 aliphatic carbocycles. The summed E-state index contributed by atoms with van der Waals surface area (Å²) in [4.78, 5) is 23.4. The summed E-state index contributed by atoms with van der Waals surface area (Å²) in [6.07, 6.45) is 1.48. The van der Waals surface area contributed by atoms with Crippen LogP contribution in [0.3, 0.4) is 0 Å². The molecule has 2 aromatic carbocycles. The Hall–Kier alpha value is -3.59. The molecule has 6 heteroatoms. The van der Waals surface area contributed by atoms with Gasteiger partial charge in [-0.1, -0.05) is 30.3 Å². The van der Waals surface area contributed by atoms with Gasteiger partial charge in [-0.25, -0.2) is 4.79 Å². The summed E-state index contributed by atoms with van der Waals surface area (Å²) in [7, 11) is 0. The Morgan fingerprint density at radius 3 is 2.42 bits per heavy atom. The van der Waals surface area contributed by atoms with Crippen LogP contribution in [0.25, 0.3) is 6.08 Å². The normalized spacial score (nSPS) is 10.5. The number of hydrogen-bond donors (Lipinski definition) is 1. The molecule has 6 nitrogen and oxygen atoms in total. The highest BCUT2D eigenvalue weighted by Gasteiger charge is 2.09. The van der Waals surface area contributed by atoms with E-state index in [4.69, 9.17) is 9.47 Å². The number of rotatable bonds is 7. The molecule has 0 aliphatic heterocycles. The summed E-state index contributed by atoms with van der Waals surface area (Å²) in [6, 6.07) is 17.5. The summed E-state index contributed by atoms with van der Waals surface area (Å²) in [5, 5.41) is 11.9. The van der Waals surface area contributed by atoms with E-state index >= 15 is 0 Å². The highest BCUT2D eigenvalue weighted by Crippen LogP contribution is 2.15. The Balaban J connectivity index is 2.01. The molecule has 0 aromatic heterocycles. The topological polar surface area (TPSA) is 88.4 Å². The van der Waals surface area contributed by atoms with Crippen molar-refractivity contribution in [1.29, 1.82) is 5.26 Å². The number of hydrogen-bond acceptors (Lipinski definition) is 5. The molecule has 0 aliphatic rings. The average Bonchev–Trinajstić information content (AvgIpc) is 2.66. The number of ether oxygens (including phenoxy) is 2. The molecule has 26 heavy (non-hydrogen) atoms. The second-order valence-electron chi connectivity index (χ2n) is 5.15. The van der Waals surface area contributed by atoms with E-state index in [1.807, 2.05) is 12.1 Å². The van der Waals surface area contributed by atoms with Crippen LogP contribution in [0.4, 0.5) is 5.69 Å². The van der Waals surface area contributed by atoms with Crippen molar-refractivity contribution in [1.82, 2.24) is 0 Å². The largest absolute Gasteiger partial charge is 0.482 e. The zero-order valence-electron chi connectivity index (χ0n) is 14.3. The van der Waals surface area contributed by atoms with Gasteiger partial charge in [0.05, 0.1) is 6.61 Å². The molecule has 2 rings (SSSR count). The minimum absolute atomic E-state index is 0.0194. The van der Waals surface area contributed by atoms with E-state index in [0.717, 1.165) is 0 Å². The average molecular weight is 350 g/mol. The highest BCUT2D eigenvalue weighted by molar-refractivity contribution is 6.09. The first kappa shape index (κ1) is 18.7. The van der Waals surface area contributed by atoms with Crippen molar-refractivity contribution in [2.45, 2.75) is 6.92 Å². The van der Waals surface area contributed by atoms with Gasteiger partial charge >= 0.3 is 5.97 Å². The molecule has 0 fully saturated rings. The second-order valence-corrected chi connectivity index (χ2v) is 5.15. The van der Waals surface area contributed by atoms with Crippen LogP contribution in [-0.4, -0.2) is 25.1 Å². The van der Waals surface area contributed by atoms with Crippen LogP contribution in [0.5, 0.6) is 5.75 Å². The van der Waals surface area contributed by atoms with Gasteiger partial charge in [0.2, 0.25) is 0 Å². The van der Waals surface area contributed by atoms with E-state index in [0.29, 0.717) is 23.6 Å². The van der Waals surface area contributed by atoms with Crippen molar-refractivity contribution < 1.29 is 19.1 Å². The first-order chi connectivity index (χ1) is 12.6. The predicted molar refractivity (Wildman–Crippen MR) is 97.2 cm³/mol. The molecule has 0 heterocycles. The molecule has 1 N–H and O–H groups in total. The number of para-hydroxylation sites is 1. The van der Waals surface area contributed by atoms with Crippen molar-refractivity contribution in [2.75, 3.05) is 18.5 Å². The summed E-state index contributed by atoms with van der Waals surface area (Å²) in [6.45, 7) is 1.85. The standard InChI is InChI=1S/C20H18N2O4/c1-2-25-19(23)14-26-18-10-8-15(9-11-18)12-16(13-21)20(24)22-17-6-4-3-5-7-17/h3-12H,2,14H2,1H3,(H,22,24)/b16-12-. The van der Waals surface area contributed by atoms with E-state index in [2.05, 4.69) is 5.32 Å². The lowest BCUT2D eigenvalue weighted by atomic mass is 10.1. The molecule has 0 bridgehead atoms.